The van der Waals surface area contributed by atoms with E-state index in [9.17, 15) is 0 Å². The third-order valence-corrected chi connectivity index (χ3v) is 18.0. The van der Waals surface area contributed by atoms with Crippen LogP contribution in [0.25, 0.3) is 186 Å². The molecule has 0 radical (unpaired) electrons. The first kappa shape index (κ1) is 46.7. The Balaban J connectivity index is 0.888. The average Bonchev–Trinajstić information content (AvgIpc) is 2.04. The molecule has 2 aromatic heterocycles. The molecule has 18 aromatic rings. The molecule has 0 fully saturated rings. The number of benzene rings is 16. The second kappa shape index (κ2) is 18.2. The van der Waals surface area contributed by atoms with E-state index in [1.165, 1.54) is 98.4 Å². The van der Waals surface area contributed by atoms with Crippen molar-refractivity contribution in [1.29, 1.82) is 0 Å². The fourth-order valence-electron chi connectivity index (χ4n) is 14.3. The smallest absolute Gasteiger partial charge is 0.143 e. The normalized spacial score (nSPS) is 12.0. The monoisotopic (exact) mass is 1060 g/mol. The van der Waals surface area contributed by atoms with Gasteiger partial charge in [0.25, 0.3) is 0 Å². The van der Waals surface area contributed by atoms with Crippen molar-refractivity contribution < 1.29 is 8.83 Å². The second-order valence-electron chi connectivity index (χ2n) is 22.5. The maximum atomic E-state index is 7.00. The predicted molar refractivity (Wildman–Crippen MR) is 356 cm³/mol. The Labute approximate surface area is 483 Å². The largest absolute Gasteiger partial charge is 0.455 e. The summed E-state index contributed by atoms with van der Waals surface area (Å²) in [5, 5.41) is 21.0. The molecule has 0 N–H and O–H groups in total. The molecule has 16 aromatic carbocycles. The van der Waals surface area contributed by atoms with E-state index in [4.69, 9.17) is 8.83 Å². The highest BCUT2D eigenvalue weighted by Gasteiger charge is 2.24. The van der Waals surface area contributed by atoms with E-state index >= 15 is 0 Å². The molecule has 2 heteroatoms. The van der Waals surface area contributed by atoms with Crippen molar-refractivity contribution >= 4 is 119 Å². The van der Waals surface area contributed by atoms with Crippen LogP contribution >= 0.6 is 0 Å². The fraction of sp³-hybridized carbons (Fsp3) is 0. The zero-order valence-corrected chi connectivity index (χ0v) is 45.5. The number of fused-ring (bicyclic) bond motifs is 15. The van der Waals surface area contributed by atoms with Gasteiger partial charge < -0.3 is 8.83 Å². The van der Waals surface area contributed by atoms with Gasteiger partial charge in [-0.1, -0.05) is 249 Å². The summed E-state index contributed by atoms with van der Waals surface area (Å²) in [5.74, 6) is 0. The number of rotatable bonds is 6. The molecular weight excluding hydrogens is 1020 g/mol. The molecule has 18 rings (SSSR count). The lowest BCUT2D eigenvalue weighted by molar-refractivity contribution is 0.672. The highest BCUT2D eigenvalue weighted by Crippen LogP contribution is 2.51. The van der Waals surface area contributed by atoms with E-state index in [0.29, 0.717) is 0 Å². The van der Waals surface area contributed by atoms with Crippen LogP contribution in [0.2, 0.25) is 0 Å². The molecule has 0 aliphatic rings. The fourth-order valence-corrected chi connectivity index (χ4v) is 14.3. The SMILES string of the molecule is c1ccc(-c2c3ccccc3c(-c3ccc4oc5c6ccccc6c(-c6ccc7c(-c8ccc(-c9ccc%10ccccc%10c9)cc8)c8ccccc8c(-c8cccc9oc%10c%11ccccc%11ccc%10c89)c7c6)cc5c4c3)c3ccccc23)cc1. The number of hydrogen-bond donors (Lipinski definition) is 0. The van der Waals surface area contributed by atoms with Crippen LogP contribution < -0.4 is 0 Å². The molecule has 0 aliphatic carbocycles. The minimum Gasteiger partial charge on any atom is -0.455 e. The van der Waals surface area contributed by atoms with Crippen molar-refractivity contribution in [3.05, 3.63) is 291 Å². The minimum atomic E-state index is 0.863. The van der Waals surface area contributed by atoms with Crippen LogP contribution in [0.4, 0.5) is 0 Å². The standard InChI is InChI=1S/C82H48O2/c1-2-19-52(20-3-1)76-60-24-9-11-26-62(60)78(63-27-12-10-25-61(63)76)57-41-44-74-71(47-57)73-48-70(59-23-8-15-30-67(59)82(73)83-74)56-40-42-66-72(46-56)79(68-31-16-32-75-80(68)69-43-39-51-18-6-7-22-58(51)81(69)84-75)65-29-14-13-28-64(65)77(66)53-36-33-50(34-37-53)55-38-35-49-17-4-5-21-54(49)45-55/h1-48H. The molecule has 388 valence electrons. The van der Waals surface area contributed by atoms with E-state index < -0.39 is 0 Å². The lowest BCUT2D eigenvalue weighted by Gasteiger charge is -2.20. The van der Waals surface area contributed by atoms with Gasteiger partial charge in [-0.3, -0.25) is 0 Å². The van der Waals surface area contributed by atoms with Crippen LogP contribution in [0, 0.1) is 0 Å². The molecule has 0 saturated heterocycles. The van der Waals surface area contributed by atoms with E-state index in [-0.39, 0.29) is 0 Å². The predicted octanol–water partition coefficient (Wildman–Crippen LogP) is 23.6. The van der Waals surface area contributed by atoms with E-state index in [1.807, 2.05) is 0 Å². The molecule has 2 heterocycles. The first-order valence-corrected chi connectivity index (χ1v) is 29.0. The quantitative estimate of drug-likeness (QED) is 0.155. The summed E-state index contributed by atoms with van der Waals surface area (Å²) < 4.78 is 13.9. The van der Waals surface area contributed by atoms with Crippen LogP contribution in [0.1, 0.15) is 0 Å². The molecule has 0 atom stereocenters. The summed E-state index contributed by atoms with van der Waals surface area (Å²) in [6, 6.07) is 107. The molecule has 0 bridgehead atoms. The van der Waals surface area contributed by atoms with Crippen LogP contribution in [-0.4, -0.2) is 0 Å². The molecule has 2 nitrogen and oxygen atoms in total. The molecule has 0 saturated carbocycles. The number of hydrogen-bond acceptors (Lipinski definition) is 2. The Morgan fingerprint density at radius 3 is 1.37 bits per heavy atom. The summed E-state index contributed by atoms with van der Waals surface area (Å²) in [6.45, 7) is 0. The third-order valence-electron chi connectivity index (χ3n) is 18.0. The van der Waals surface area contributed by atoms with Gasteiger partial charge in [0.15, 0.2) is 0 Å². The Hall–Kier alpha value is -11.1. The van der Waals surface area contributed by atoms with Crippen LogP contribution in [0.5, 0.6) is 0 Å². The number of furan rings is 2. The van der Waals surface area contributed by atoms with Gasteiger partial charge in [0.1, 0.15) is 22.3 Å². The Bertz CT molecular complexity index is 5720. The zero-order valence-electron chi connectivity index (χ0n) is 45.5. The summed E-state index contributed by atoms with van der Waals surface area (Å²) in [4.78, 5) is 0. The van der Waals surface area contributed by atoms with Gasteiger partial charge in [0.2, 0.25) is 0 Å². The summed E-state index contributed by atoms with van der Waals surface area (Å²) in [5.41, 5.74) is 17.8. The van der Waals surface area contributed by atoms with E-state index in [2.05, 4.69) is 291 Å². The van der Waals surface area contributed by atoms with Crippen LogP contribution in [-0.2, 0) is 0 Å². The third kappa shape index (κ3) is 6.98. The zero-order chi connectivity index (χ0) is 55.0. The highest BCUT2D eigenvalue weighted by molar-refractivity contribution is 6.29. The van der Waals surface area contributed by atoms with Crippen LogP contribution in [0.3, 0.4) is 0 Å². The average molecular weight is 1070 g/mol. The molecule has 0 unspecified atom stereocenters. The molecule has 0 amide bonds. The van der Waals surface area contributed by atoms with Gasteiger partial charge in [-0.2, -0.15) is 0 Å². The van der Waals surface area contributed by atoms with Crippen molar-refractivity contribution in [3.63, 3.8) is 0 Å². The Kier molecular flexibility index (Phi) is 10.1. The van der Waals surface area contributed by atoms with Crippen molar-refractivity contribution in [2.75, 3.05) is 0 Å². The first-order valence-electron chi connectivity index (χ1n) is 29.0. The van der Waals surface area contributed by atoms with Gasteiger partial charge in [0.05, 0.1) is 0 Å². The molecular formula is C82H48O2. The van der Waals surface area contributed by atoms with Crippen molar-refractivity contribution in [2.24, 2.45) is 0 Å². The van der Waals surface area contributed by atoms with Crippen molar-refractivity contribution in [1.82, 2.24) is 0 Å². The van der Waals surface area contributed by atoms with Gasteiger partial charge in [-0.05, 0) is 174 Å². The lowest BCUT2D eigenvalue weighted by Crippen LogP contribution is -1.93. The summed E-state index contributed by atoms with van der Waals surface area (Å²) in [6.07, 6.45) is 0. The van der Waals surface area contributed by atoms with Gasteiger partial charge in [-0.25, -0.2) is 0 Å². The molecule has 0 aliphatic heterocycles. The molecule has 0 spiro atoms. The van der Waals surface area contributed by atoms with Gasteiger partial charge in [-0.15, -0.1) is 0 Å². The van der Waals surface area contributed by atoms with E-state index in [0.717, 1.165) is 87.7 Å². The lowest BCUT2D eigenvalue weighted by atomic mass is 9.83. The van der Waals surface area contributed by atoms with Gasteiger partial charge >= 0.3 is 0 Å². The minimum absolute atomic E-state index is 0.863. The summed E-state index contributed by atoms with van der Waals surface area (Å²) in [7, 11) is 0. The topological polar surface area (TPSA) is 26.3 Å². The second-order valence-corrected chi connectivity index (χ2v) is 22.5. The Morgan fingerprint density at radius 1 is 0.179 bits per heavy atom. The highest BCUT2D eigenvalue weighted by atomic mass is 16.3. The molecule has 84 heavy (non-hydrogen) atoms. The van der Waals surface area contributed by atoms with Crippen molar-refractivity contribution in [3.8, 4) is 66.8 Å². The van der Waals surface area contributed by atoms with Crippen LogP contribution in [0.15, 0.2) is 300 Å². The van der Waals surface area contributed by atoms with Gasteiger partial charge in [0, 0.05) is 32.3 Å². The Morgan fingerprint density at radius 2 is 0.655 bits per heavy atom. The summed E-state index contributed by atoms with van der Waals surface area (Å²) >= 11 is 0. The van der Waals surface area contributed by atoms with Crippen molar-refractivity contribution in [2.45, 2.75) is 0 Å². The maximum Gasteiger partial charge on any atom is 0.143 e. The first-order chi connectivity index (χ1) is 41.7. The van der Waals surface area contributed by atoms with E-state index in [1.54, 1.807) is 0 Å². The maximum absolute atomic E-state index is 7.00.